The number of hydrogen-bond acceptors (Lipinski definition) is 3. The van der Waals surface area contributed by atoms with E-state index in [-0.39, 0.29) is 0 Å². The van der Waals surface area contributed by atoms with Crippen molar-refractivity contribution in [2.45, 2.75) is 11.8 Å². The summed E-state index contributed by atoms with van der Waals surface area (Å²) < 4.78 is 4.71. The van der Waals surface area contributed by atoms with Crippen LogP contribution in [-0.2, 0) is 19.7 Å². The number of methoxy groups -OCH3 is 1. The molecule has 0 aromatic heterocycles. The van der Waals surface area contributed by atoms with E-state index in [1.54, 1.807) is 24.3 Å². The Kier molecular flexibility index (Phi) is 2.42. The number of hydrogen-bond donors (Lipinski definition) is 1. The number of carboxylic acids is 1. The lowest BCUT2D eigenvalue weighted by atomic mass is 9.93. The van der Waals surface area contributed by atoms with Crippen LogP contribution in [-0.4, -0.2) is 24.2 Å². The molecule has 0 heterocycles. The quantitative estimate of drug-likeness (QED) is 0.777. The Morgan fingerprint density at radius 3 is 2.44 bits per heavy atom. The van der Waals surface area contributed by atoms with Gasteiger partial charge in [-0.05, 0) is 12.0 Å². The zero-order valence-corrected chi connectivity index (χ0v) is 8.84. The summed E-state index contributed by atoms with van der Waals surface area (Å²) in [5, 5.41) is 8.99. The minimum Gasteiger partial charge on any atom is -0.481 e. The van der Waals surface area contributed by atoms with Gasteiger partial charge in [-0.2, -0.15) is 0 Å². The molecule has 1 saturated carbocycles. The fourth-order valence-electron chi connectivity index (χ4n) is 2.14. The average molecular weight is 220 g/mol. The van der Waals surface area contributed by atoms with Crippen LogP contribution in [0.1, 0.15) is 12.0 Å². The molecular formula is C12H12O4. The Labute approximate surface area is 92.8 Å². The normalized spacial score (nSPS) is 27.2. The first kappa shape index (κ1) is 10.7. The second-order valence-electron chi connectivity index (χ2n) is 3.92. The molecule has 2 atom stereocenters. The van der Waals surface area contributed by atoms with Gasteiger partial charge in [0.25, 0.3) is 0 Å². The van der Waals surface area contributed by atoms with Crippen LogP contribution in [0.4, 0.5) is 0 Å². The van der Waals surface area contributed by atoms with Gasteiger partial charge in [0.1, 0.15) is 5.41 Å². The van der Waals surface area contributed by atoms with Crippen molar-refractivity contribution in [2.75, 3.05) is 7.11 Å². The molecule has 0 bridgehead atoms. The lowest BCUT2D eigenvalue weighted by Gasteiger charge is -2.13. The monoisotopic (exact) mass is 220 g/mol. The van der Waals surface area contributed by atoms with Crippen LogP contribution >= 0.6 is 0 Å². The van der Waals surface area contributed by atoms with E-state index in [0.717, 1.165) is 0 Å². The number of carbonyl (C=O) groups excluding carboxylic acids is 1. The van der Waals surface area contributed by atoms with Crippen molar-refractivity contribution in [3.8, 4) is 0 Å². The van der Waals surface area contributed by atoms with Gasteiger partial charge in [-0.3, -0.25) is 9.59 Å². The van der Waals surface area contributed by atoms with Gasteiger partial charge < -0.3 is 9.84 Å². The molecule has 16 heavy (non-hydrogen) atoms. The van der Waals surface area contributed by atoms with Crippen LogP contribution < -0.4 is 0 Å². The fourth-order valence-corrected chi connectivity index (χ4v) is 2.14. The third-order valence-corrected chi connectivity index (χ3v) is 3.10. The smallest absolute Gasteiger partial charge is 0.317 e. The van der Waals surface area contributed by atoms with E-state index >= 15 is 0 Å². The molecule has 0 saturated heterocycles. The van der Waals surface area contributed by atoms with Gasteiger partial charge in [-0.25, -0.2) is 0 Å². The van der Waals surface area contributed by atoms with Crippen molar-refractivity contribution in [1.82, 2.24) is 0 Å². The van der Waals surface area contributed by atoms with Crippen molar-refractivity contribution in [1.29, 1.82) is 0 Å². The summed E-state index contributed by atoms with van der Waals surface area (Å²) in [7, 11) is 1.28. The van der Waals surface area contributed by atoms with Crippen LogP contribution in [0.3, 0.4) is 0 Å². The van der Waals surface area contributed by atoms with Gasteiger partial charge in [0, 0.05) is 0 Å². The predicted molar refractivity (Wildman–Crippen MR) is 55.9 cm³/mol. The fraction of sp³-hybridized carbons (Fsp3) is 0.333. The van der Waals surface area contributed by atoms with Crippen molar-refractivity contribution < 1.29 is 19.4 Å². The molecule has 1 fully saturated rings. The number of carboxylic acid groups (broad SMARTS) is 1. The van der Waals surface area contributed by atoms with E-state index < -0.39 is 23.3 Å². The van der Waals surface area contributed by atoms with E-state index in [4.69, 9.17) is 9.84 Å². The molecule has 0 aliphatic heterocycles. The number of ether oxygens (including phenoxy) is 1. The largest absolute Gasteiger partial charge is 0.481 e. The van der Waals surface area contributed by atoms with Crippen LogP contribution in [0.5, 0.6) is 0 Å². The van der Waals surface area contributed by atoms with Gasteiger partial charge >= 0.3 is 11.9 Å². The lowest BCUT2D eigenvalue weighted by Crippen LogP contribution is -2.26. The second-order valence-corrected chi connectivity index (χ2v) is 3.92. The summed E-state index contributed by atoms with van der Waals surface area (Å²) in [6.07, 6.45) is 0.318. The highest BCUT2D eigenvalue weighted by atomic mass is 16.5. The molecule has 0 radical (unpaired) electrons. The van der Waals surface area contributed by atoms with Crippen LogP contribution in [0, 0.1) is 5.92 Å². The zero-order chi connectivity index (χ0) is 11.8. The van der Waals surface area contributed by atoms with Gasteiger partial charge in [0.15, 0.2) is 0 Å². The molecule has 4 nitrogen and oxygen atoms in total. The van der Waals surface area contributed by atoms with Gasteiger partial charge in [0.05, 0.1) is 13.0 Å². The Bertz CT molecular complexity index is 426. The van der Waals surface area contributed by atoms with Crippen molar-refractivity contribution in [2.24, 2.45) is 5.92 Å². The van der Waals surface area contributed by atoms with Crippen LogP contribution in [0.15, 0.2) is 30.3 Å². The Balaban J connectivity index is 2.39. The van der Waals surface area contributed by atoms with E-state index in [2.05, 4.69) is 0 Å². The maximum absolute atomic E-state index is 11.7. The third kappa shape index (κ3) is 1.38. The first-order chi connectivity index (χ1) is 7.63. The molecule has 4 heteroatoms. The average Bonchev–Trinajstić information content (AvgIpc) is 3.06. The van der Waals surface area contributed by atoms with E-state index in [0.29, 0.717) is 12.0 Å². The minimum atomic E-state index is -0.970. The summed E-state index contributed by atoms with van der Waals surface area (Å²) in [4.78, 5) is 22.7. The third-order valence-electron chi connectivity index (χ3n) is 3.10. The number of rotatable bonds is 3. The molecule has 1 aliphatic carbocycles. The first-order valence-electron chi connectivity index (χ1n) is 4.99. The summed E-state index contributed by atoms with van der Waals surface area (Å²) in [6.45, 7) is 0. The zero-order valence-electron chi connectivity index (χ0n) is 8.84. The summed E-state index contributed by atoms with van der Waals surface area (Å²) in [5.74, 6) is -2.08. The summed E-state index contributed by atoms with van der Waals surface area (Å²) in [6, 6.07) is 8.93. The van der Waals surface area contributed by atoms with E-state index in [1.165, 1.54) is 7.11 Å². The molecule has 1 aliphatic rings. The molecule has 2 rings (SSSR count). The number of benzene rings is 1. The topological polar surface area (TPSA) is 63.6 Å². The standard InChI is InChI=1S/C12H12O4/c1-16-11(15)12(7-9(12)10(13)14)8-5-3-2-4-6-8/h2-6,9H,7H2,1H3,(H,13,14)/t9-,12+/m1/s1. The number of carbonyl (C=O) groups is 2. The Morgan fingerprint density at radius 1 is 1.38 bits per heavy atom. The lowest BCUT2D eigenvalue weighted by molar-refractivity contribution is -0.148. The molecule has 0 unspecified atom stereocenters. The maximum Gasteiger partial charge on any atom is 0.317 e. The van der Waals surface area contributed by atoms with Crippen LogP contribution in [0.25, 0.3) is 0 Å². The molecule has 0 amide bonds. The second kappa shape index (κ2) is 3.63. The molecule has 84 valence electrons. The van der Waals surface area contributed by atoms with Crippen LogP contribution in [0.2, 0.25) is 0 Å². The highest BCUT2D eigenvalue weighted by Crippen LogP contribution is 2.55. The van der Waals surface area contributed by atoms with Crippen molar-refractivity contribution in [3.63, 3.8) is 0 Å². The highest BCUT2D eigenvalue weighted by Gasteiger charge is 2.66. The van der Waals surface area contributed by atoms with E-state index in [9.17, 15) is 9.59 Å². The Hall–Kier alpha value is -1.84. The van der Waals surface area contributed by atoms with Gasteiger partial charge in [-0.1, -0.05) is 30.3 Å². The van der Waals surface area contributed by atoms with Crippen molar-refractivity contribution >= 4 is 11.9 Å². The maximum atomic E-state index is 11.7. The van der Waals surface area contributed by atoms with Crippen molar-refractivity contribution in [3.05, 3.63) is 35.9 Å². The summed E-state index contributed by atoms with van der Waals surface area (Å²) in [5.41, 5.74) is -0.253. The highest BCUT2D eigenvalue weighted by molar-refractivity contribution is 5.95. The molecule has 1 N–H and O–H groups in total. The first-order valence-corrected chi connectivity index (χ1v) is 4.99. The minimum absolute atomic E-state index is 0.318. The molecule has 1 aromatic rings. The Morgan fingerprint density at radius 2 is 2.00 bits per heavy atom. The van der Waals surface area contributed by atoms with Gasteiger partial charge in [-0.15, -0.1) is 0 Å². The predicted octanol–water partition coefficient (Wildman–Crippen LogP) is 1.20. The SMILES string of the molecule is COC(=O)[C@]1(c2ccccc2)C[C@@H]1C(=O)O. The number of aliphatic carboxylic acids is 1. The van der Waals surface area contributed by atoms with E-state index in [1.807, 2.05) is 6.07 Å². The molecule has 0 spiro atoms. The van der Waals surface area contributed by atoms with Gasteiger partial charge in [0.2, 0.25) is 0 Å². The molecular weight excluding hydrogens is 208 g/mol. The molecule has 1 aromatic carbocycles. The number of esters is 1. The summed E-state index contributed by atoms with van der Waals surface area (Å²) >= 11 is 0.